The standard InChI is InChI=1S/C26H15F5/c1-2-15-3-6-17(7-4-15)19-10-9-18(21(27)13-19)8-5-16-11-20-14-23(29)25(30)26(31)24(20)22(28)12-16/h3-4,6-7,9-14H,2H2,1H3. The molecule has 0 N–H and O–H groups in total. The van der Waals surface area contributed by atoms with Gasteiger partial charge in [0.1, 0.15) is 11.6 Å². The summed E-state index contributed by atoms with van der Waals surface area (Å²) >= 11 is 0. The molecular formula is C26H15F5. The van der Waals surface area contributed by atoms with Crippen molar-refractivity contribution < 1.29 is 22.0 Å². The SMILES string of the molecule is CCc1ccc(-c2ccc(C#Cc3cc(F)c4c(F)c(F)c(F)cc4c3)c(F)c2)cc1. The maximum absolute atomic E-state index is 14.5. The molecule has 0 saturated heterocycles. The zero-order chi connectivity index (χ0) is 22.1. The van der Waals surface area contributed by atoms with Crippen molar-refractivity contribution in [2.75, 3.05) is 0 Å². The Morgan fingerprint density at radius 3 is 2.03 bits per heavy atom. The lowest BCUT2D eigenvalue weighted by atomic mass is 10.0. The summed E-state index contributed by atoms with van der Waals surface area (Å²) in [6.07, 6.45) is 0.909. The summed E-state index contributed by atoms with van der Waals surface area (Å²) in [4.78, 5) is 0. The molecule has 4 aromatic carbocycles. The average molecular weight is 422 g/mol. The van der Waals surface area contributed by atoms with Crippen molar-refractivity contribution in [3.8, 4) is 23.0 Å². The number of rotatable bonds is 2. The lowest BCUT2D eigenvalue weighted by molar-refractivity contribution is 0.451. The van der Waals surface area contributed by atoms with Crippen LogP contribution in [0, 0.1) is 40.9 Å². The highest BCUT2D eigenvalue weighted by molar-refractivity contribution is 5.85. The summed E-state index contributed by atoms with van der Waals surface area (Å²) in [5.41, 5.74) is 2.90. The summed E-state index contributed by atoms with van der Waals surface area (Å²) < 4.78 is 69.5. The molecule has 0 atom stereocenters. The Kier molecular flexibility index (Phi) is 5.48. The quantitative estimate of drug-likeness (QED) is 0.183. The van der Waals surface area contributed by atoms with Gasteiger partial charge in [-0.15, -0.1) is 0 Å². The van der Waals surface area contributed by atoms with E-state index < -0.39 is 34.5 Å². The van der Waals surface area contributed by atoms with E-state index in [1.807, 2.05) is 24.3 Å². The summed E-state index contributed by atoms with van der Waals surface area (Å²) in [5.74, 6) is -1.19. The van der Waals surface area contributed by atoms with Gasteiger partial charge in [-0.25, -0.2) is 22.0 Å². The minimum absolute atomic E-state index is 0.0778. The van der Waals surface area contributed by atoms with Crippen LogP contribution in [0.1, 0.15) is 23.6 Å². The molecule has 0 aliphatic carbocycles. The Balaban J connectivity index is 1.68. The molecule has 0 unspecified atom stereocenters. The first-order valence-electron chi connectivity index (χ1n) is 9.55. The average Bonchev–Trinajstić information content (AvgIpc) is 2.76. The molecule has 0 fully saturated rings. The maximum Gasteiger partial charge on any atom is 0.195 e. The molecule has 5 heteroatoms. The van der Waals surface area contributed by atoms with Gasteiger partial charge in [0.2, 0.25) is 0 Å². The molecule has 0 radical (unpaired) electrons. The van der Waals surface area contributed by atoms with Crippen LogP contribution in [0.4, 0.5) is 22.0 Å². The fourth-order valence-electron chi connectivity index (χ4n) is 3.33. The third kappa shape index (κ3) is 4.02. The number of hydrogen-bond donors (Lipinski definition) is 0. The van der Waals surface area contributed by atoms with Gasteiger partial charge in [0, 0.05) is 5.56 Å². The summed E-state index contributed by atoms with van der Waals surface area (Å²) in [6, 6.07) is 15.2. The van der Waals surface area contributed by atoms with Crippen LogP contribution < -0.4 is 0 Å². The predicted molar refractivity (Wildman–Crippen MR) is 111 cm³/mol. The van der Waals surface area contributed by atoms with Gasteiger partial charge in [-0.1, -0.05) is 49.1 Å². The summed E-state index contributed by atoms with van der Waals surface area (Å²) in [5, 5.41) is -0.832. The van der Waals surface area contributed by atoms with Gasteiger partial charge in [0.15, 0.2) is 17.5 Å². The molecule has 0 amide bonds. The first-order valence-corrected chi connectivity index (χ1v) is 9.55. The fraction of sp³-hybridized carbons (Fsp3) is 0.0769. The molecular weight excluding hydrogens is 407 g/mol. The van der Waals surface area contributed by atoms with Crippen molar-refractivity contribution >= 4 is 10.8 Å². The van der Waals surface area contributed by atoms with Crippen LogP contribution >= 0.6 is 0 Å². The van der Waals surface area contributed by atoms with Crippen LogP contribution in [0.25, 0.3) is 21.9 Å². The second-order valence-electron chi connectivity index (χ2n) is 7.04. The lowest BCUT2D eigenvalue weighted by Gasteiger charge is -2.05. The predicted octanol–water partition coefficient (Wildman–Crippen LogP) is 7.16. The zero-order valence-electron chi connectivity index (χ0n) is 16.4. The monoisotopic (exact) mass is 422 g/mol. The first-order chi connectivity index (χ1) is 14.9. The Bertz CT molecular complexity index is 1360. The third-order valence-electron chi connectivity index (χ3n) is 5.03. The van der Waals surface area contributed by atoms with Crippen molar-refractivity contribution in [2.45, 2.75) is 13.3 Å². The van der Waals surface area contributed by atoms with Crippen LogP contribution in [0.3, 0.4) is 0 Å². The molecule has 4 rings (SSSR count). The maximum atomic E-state index is 14.5. The Morgan fingerprint density at radius 2 is 1.35 bits per heavy atom. The van der Waals surface area contributed by atoms with E-state index in [1.165, 1.54) is 23.8 Å². The zero-order valence-corrected chi connectivity index (χ0v) is 16.4. The van der Waals surface area contributed by atoms with Gasteiger partial charge < -0.3 is 0 Å². The van der Waals surface area contributed by atoms with Crippen LogP contribution in [-0.4, -0.2) is 0 Å². The number of aryl methyl sites for hydroxylation is 1. The molecule has 0 spiro atoms. The second kappa shape index (κ2) is 8.23. The van der Waals surface area contributed by atoms with Gasteiger partial charge >= 0.3 is 0 Å². The van der Waals surface area contributed by atoms with E-state index in [9.17, 15) is 22.0 Å². The van der Waals surface area contributed by atoms with Gasteiger partial charge in [0.05, 0.1) is 10.9 Å². The van der Waals surface area contributed by atoms with E-state index in [0.717, 1.165) is 18.1 Å². The van der Waals surface area contributed by atoms with Crippen LogP contribution in [-0.2, 0) is 6.42 Å². The molecule has 154 valence electrons. The van der Waals surface area contributed by atoms with Gasteiger partial charge in [0.25, 0.3) is 0 Å². The number of hydrogen-bond acceptors (Lipinski definition) is 0. The first kappa shape index (κ1) is 20.6. The van der Waals surface area contributed by atoms with Gasteiger partial charge in [-0.05, 0) is 58.8 Å². The molecule has 0 aliphatic rings. The minimum Gasteiger partial charge on any atom is -0.206 e. The molecule has 0 bridgehead atoms. The van der Waals surface area contributed by atoms with Crippen molar-refractivity contribution in [3.05, 3.63) is 106 Å². The van der Waals surface area contributed by atoms with Crippen molar-refractivity contribution in [3.63, 3.8) is 0 Å². The third-order valence-corrected chi connectivity index (χ3v) is 5.03. The van der Waals surface area contributed by atoms with E-state index in [-0.39, 0.29) is 16.5 Å². The van der Waals surface area contributed by atoms with E-state index >= 15 is 0 Å². The number of halogens is 5. The molecule has 0 heterocycles. The Morgan fingerprint density at radius 1 is 0.645 bits per heavy atom. The van der Waals surface area contributed by atoms with Crippen molar-refractivity contribution in [1.82, 2.24) is 0 Å². The summed E-state index contributed by atoms with van der Waals surface area (Å²) in [7, 11) is 0. The van der Waals surface area contributed by atoms with Crippen LogP contribution in [0.5, 0.6) is 0 Å². The number of benzene rings is 4. The Hall–Kier alpha value is -3.65. The summed E-state index contributed by atoms with van der Waals surface area (Å²) in [6.45, 7) is 2.05. The largest absolute Gasteiger partial charge is 0.206 e. The molecule has 0 saturated carbocycles. The Labute approximate surface area is 176 Å². The normalized spacial score (nSPS) is 10.8. The molecule has 0 nitrogen and oxygen atoms in total. The molecule has 0 aliphatic heterocycles. The highest BCUT2D eigenvalue weighted by Gasteiger charge is 2.17. The molecule has 0 aromatic heterocycles. The van der Waals surface area contributed by atoms with Gasteiger partial charge in [-0.2, -0.15) is 0 Å². The second-order valence-corrected chi connectivity index (χ2v) is 7.04. The molecule has 31 heavy (non-hydrogen) atoms. The lowest BCUT2D eigenvalue weighted by Crippen LogP contribution is -1.95. The van der Waals surface area contributed by atoms with E-state index in [4.69, 9.17) is 0 Å². The van der Waals surface area contributed by atoms with Gasteiger partial charge in [-0.3, -0.25) is 0 Å². The van der Waals surface area contributed by atoms with E-state index in [1.54, 1.807) is 6.07 Å². The minimum atomic E-state index is -1.74. The van der Waals surface area contributed by atoms with Crippen molar-refractivity contribution in [1.29, 1.82) is 0 Å². The van der Waals surface area contributed by atoms with Crippen molar-refractivity contribution in [2.24, 2.45) is 0 Å². The fourth-order valence-corrected chi connectivity index (χ4v) is 3.33. The van der Waals surface area contributed by atoms with E-state index in [2.05, 4.69) is 18.8 Å². The van der Waals surface area contributed by atoms with Crippen LogP contribution in [0.2, 0.25) is 0 Å². The van der Waals surface area contributed by atoms with Crippen LogP contribution in [0.15, 0.2) is 60.7 Å². The molecule has 4 aromatic rings. The number of fused-ring (bicyclic) bond motifs is 1. The highest BCUT2D eigenvalue weighted by atomic mass is 19.2. The smallest absolute Gasteiger partial charge is 0.195 e. The highest BCUT2D eigenvalue weighted by Crippen LogP contribution is 2.27. The topological polar surface area (TPSA) is 0 Å². The van der Waals surface area contributed by atoms with E-state index in [0.29, 0.717) is 11.6 Å².